The predicted molar refractivity (Wildman–Crippen MR) is 129 cm³/mol. The summed E-state index contributed by atoms with van der Waals surface area (Å²) in [7, 11) is 0. The van der Waals surface area contributed by atoms with Gasteiger partial charge in [0, 0.05) is 56.8 Å². The number of halogens is 3. The van der Waals surface area contributed by atoms with Gasteiger partial charge in [0.1, 0.15) is 0 Å². The van der Waals surface area contributed by atoms with Crippen LogP contribution in [0.3, 0.4) is 0 Å². The average Bonchev–Trinajstić information content (AvgIpc) is 2.91. The second kappa shape index (κ2) is 11.0. The van der Waals surface area contributed by atoms with Crippen LogP contribution >= 0.6 is 0 Å². The van der Waals surface area contributed by atoms with Crippen molar-refractivity contribution in [2.24, 2.45) is 5.92 Å². The van der Waals surface area contributed by atoms with E-state index in [0.717, 1.165) is 17.7 Å². The smallest absolute Gasteiger partial charge is 0.339 e. The van der Waals surface area contributed by atoms with Gasteiger partial charge in [-0.2, -0.15) is 13.2 Å². The summed E-state index contributed by atoms with van der Waals surface area (Å²) in [5, 5.41) is 0. The van der Waals surface area contributed by atoms with Crippen molar-refractivity contribution in [3.8, 4) is 0 Å². The number of hydrogen-bond donors (Lipinski definition) is 0. The van der Waals surface area contributed by atoms with E-state index in [9.17, 15) is 27.6 Å². The molecule has 0 atom stereocenters. The molecule has 36 heavy (non-hydrogen) atoms. The Morgan fingerprint density at radius 1 is 0.778 bits per heavy atom. The quantitative estimate of drug-likeness (QED) is 0.599. The molecule has 0 bridgehead atoms. The maximum Gasteiger partial charge on any atom is 0.416 e. The molecule has 2 fully saturated rings. The minimum Gasteiger partial charge on any atom is -0.339 e. The number of likely N-dealkylation sites (tertiary alicyclic amines) is 1. The molecule has 3 amide bonds. The van der Waals surface area contributed by atoms with Gasteiger partial charge in [-0.15, -0.1) is 0 Å². The Kier molecular flexibility index (Phi) is 7.76. The third-order valence-corrected chi connectivity index (χ3v) is 6.69. The van der Waals surface area contributed by atoms with E-state index in [1.165, 1.54) is 17.0 Å². The fourth-order valence-corrected chi connectivity index (χ4v) is 4.58. The van der Waals surface area contributed by atoms with E-state index in [1.807, 2.05) is 30.3 Å². The highest BCUT2D eigenvalue weighted by atomic mass is 19.4. The molecule has 2 heterocycles. The molecular weight excluding hydrogens is 471 g/mol. The van der Waals surface area contributed by atoms with E-state index in [4.69, 9.17) is 0 Å². The van der Waals surface area contributed by atoms with Crippen LogP contribution in [0.25, 0.3) is 6.08 Å². The molecule has 0 saturated carbocycles. The van der Waals surface area contributed by atoms with E-state index in [-0.39, 0.29) is 36.4 Å². The summed E-state index contributed by atoms with van der Waals surface area (Å²) in [4.78, 5) is 43.2. The minimum atomic E-state index is -4.51. The second-order valence-corrected chi connectivity index (χ2v) is 9.04. The first kappa shape index (κ1) is 25.5. The molecule has 2 aromatic carbocycles. The van der Waals surface area contributed by atoms with Crippen LogP contribution < -0.4 is 0 Å². The molecule has 190 valence electrons. The number of piperidine rings is 1. The number of amides is 3. The molecule has 2 saturated heterocycles. The largest absolute Gasteiger partial charge is 0.416 e. The van der Waals surface area contributed by atoms with E-state index in [2.05, 4.69) is 0 Å². The van der Waals surface area contributed by atoms with E-state index in [1.54, 1.807) is 22.0 Å². The highest BCUT2D eigenvalue weighted by Crippen LogP contribution is 2.30. The van der Waals surface area contributed by atoms with Crippen molar-refractivity contribution in [3.05, 3.63) is 77.4 Å². The molecule has 0 spiro atoms. The number of benzene rings is 2. The summed E-state index contributed by atoms with van der Waals surface area (Å²) in [6.07, 6.45) is -0.0299. The lowest BCUT2D eigenvalue weighted by molar-refractivity contribution is -0.140. The second-order valence-electron chi connectivity index (χ2n) is 9.04. The standard InChI is InChI=1S/C27H28F3N3O3/c28-27(29,30)23-8-4-7-22(19-23)26(36)33-17-15-32(16-18-33)25(35)21-11-13-31(14-12-21)24(34)10-9-20-5-2-1-3-6-20/h1-10,19,21H,11-18H2/b10-9+. The van der Waals surface area contributed by atoms with Crippen molar-refractivity contribution in [3.63, 3.8) is 0 Å². The first-order valence-corrected chi connectivity index (χ1v) is 12.0. The van der Waals surface area contributed by atoms with Crippen LogP contribution in [0.4, 0.5) is 13.2 Å². The molecule has 2 aromatic rings. The maximum absolute atomic E-state index is 13.0. The van der Waals surface area contributed by atoms with Crippen molar-refractivity contribution in [2.75, 3.05) is 39.3 Å². The topological polar surface area (TPSA) is 60.9 Å². The molecule has 4 rings (SSSR count). The molecule has 0 radical (unpaired) electrons. The molecule has 0 N–H and O–H groups in total. The number of hydrogen-bond acceptors (Lipinski definition) is 3. The average molecular weight is 500 g/mol. The molecule has 9 heteroatoms. The Morgan fingerprint density at radius 2 is 1.42 bits per heavy atom. The lowest BCUT2D eigenvalue weighted by Crippen LogP contribution is -2.53. The number of carbonyl (C=O) groups is 3. The Bertz CT molecular complexity index is 1120. The number of nitrogens with zero attached hydrogens (tertiary/aromatic N) is 3. The lowest BCUT2D eigenvalue weighted by Gasteiger charge is -2.38. The summed E-state index contributed by atoms with van der Waals surface area (Å²) >= 11 is 0. The van der Waals surface area contributed by atoms with Crippen LogP contribution in [0.1, 0.15) is 34.3 Å². The third kappa shape index (κ3) is 6.13. The first-order chi connectivity index (χ1) is 17.2. The number of rotatable bonds is 4. The van der Waals surface area contributed by atoms with Crippen molar-refractivity contribution in [1.82, 2.24) is 14.7 Å². The molecule has 0 aliphatic carbocycles. The normalized spacial score (nSPS) is 17.5. The number of piperazine rings is 1. The molecule has 2 aliphatic heterocycles. The van der Waals surface area contributed by atoms with Gasteiger partial charge in [-0.05, 0) is 42.7 Å². The monoisotopic (exact) mass is 499 g/mol. The molecule has 6 nitrogen and oxygen atoms in total. The molecule has 0 unspecified atom stereocenters. The van der Waals surface area contributed by atoms with Crippen LogP contribution in [-0.4, -0.2) is 71.7 Å². The van der Waals surface area contributed by atoms with E-state index < -0.39 is 17.6 Å². The summed E-state index contributed by atoms with van der Waals surface area (Å²) < 4.78 is 38.9. The van der Waals surface area contributed by atoms with Crippen molar-refractivity contribution in [1.29, 1.82) is 0 Å². The number of carbonyl (C=O) groups excluding carboxylic acids is 3. The fourth-order valence-electron chi connectivity index (χ4n) is 4.58. The van der Waals surface area contributed by atoms with Crippen LogP contribution in [0, 0.1) is 5.92 Å². The van der Waals surface area contributed by atoms with Gasteiger partial charge in [-0.1, -0.05) is 36.4 Å². The molecule has 2 aliphatic rings. The Hall–Kier alpha value is -3.62. The van der Waals surface area contributed by atoms with Gasteiger partial charge in [-0.25, -0.2) is 0 Å². The van der Waals surface area contributed by atoms with Gasteiger partial charge in [0.15, 0.2) is 0 Å². The highest BCUT2D eigenvalue weighted by molar-refractivity contribution is 5.94. The van der Waals surface area contributed by atoms with Gasteiger partial charge in [0.05, 0.1) is 5.56 Å². The Morgan fingerprint density at radius 3 is 2.06 bits per heavy atom. The fraction of sp³-hybridized carbons (Fsp3) is 0.370. The first-order valence-electron chi connectivity index (χ1n) is 12.0. The van der Waals surface area contributed by atoms with Crippen LogP contribution in [-0.2, 0) is 15.8 Å². The zero-order valence-electron chi connectivity index (χ0n) is 19.8. The van der Waals surface area contributed by atoms with Gasteiger partial charge < -0.3 is 14.7 Å². The van der Waals surface area contributed by atoms with E-state index in [0.29, 0.717) is 39.0 Å². The molecule has 0 aromatic heterocycles. The van der Waals surface area contributed by atoms with Crippen LogP contribution in [0.15, 0.2) is 60.7 Å². The zero-order valence-corrected chi connectivity index (χ0v) is 19.8. The Balaban J connectivity index is 1.25. The lowest BCUT2D eigenvalue weighted by atomic mass is 9.94. The van der Waals surface area contributed by atoms with Gasteiger partial charge in [-0.3, -0.25) is 14.4 Å². The van der Waals surface area contributed by atoms with Crippen LogP contribution in [0.2, 0.25) is 0 Å². The summed E-state index contributed by atoms with van der Waals surface area (Å²) in [6.45, 7) is 2.21. The SMILES string of the molecule is O=C(/C=C/c1ccccc1)N1CCC(C(=O)N2CCN(C(=O)c3cccc(C(F)(F)F)c3)CC2)CC1. The van der Waals surface area contributed by atoms with Gasteiger partial charge in [0.25, 0.3) is 5.91 Å². The zero-order chi connectivity index (χ0) is 25.7. The molecular formula is C27H28F3N3O3. The van der Waals surface area contributed by atoms with Crippen molar-refractivity contribution in [2.45, 2.75) is 19.0 Å². The third-order valence-electron chi connectivity index (χ3n) is 6.69. The summed E-state index contributed by atoms with van der Waals surface area (Å²) in [5.74, 6) is -0.721. The maximum atomic E-state index is 13.0. The van der Waals surface area contributed by atoms with Crippen molar-refractivity contribution < 1.29 is 27.6 Å². The Labute approximate surface area is 208 Å². The van der Waals surface area contributed by atoms with Gasteiger partial charge in [0.2, 0.25) is 11.8 Å². The summed E-state index contributed by atoms with van der Waals surface area (Å²) in [5.41, 5.74) is 0.0760. The van der Waals surface area contributed by atoms with Crippen LogP contribution in [0.5, 0.6) is 0 Å². The van der Waals surface area contributed by atoms with Gasteiger partial charge >= 0.3 is 6.18 Å². The minimum absolute atomic E-state index is 0.00749. The van der Waals surface area contributed by atoms with Crippen molar-refractivity contribution >= 4 is 23.8 Å². The number of alkyl halides is 3. The van der Waals surface area contributed by atoms with E-state index >= 15 is 0 Å². The summed E-state index contributed by atoms with van der Waals surface area (Å²) in [6, 6.07) is 14.0. The highest BCUT2D eigenvalue weighted by Gasteiger charge is 2.34. The predicted octanol–water partition coefficient (Wildman–Crippen LogP) is 3.94.